The molecule has 3 rings (SSSR count). The van der Waals surface area contributed by atoms with Crippen molar-refractivity contribution < 1.29 is 4.74 Å². The minimum Gasteiger partial charge on any atom is -0.377 e. The summed E-state index contributed by atoms with van der Waals surface area (Å²) >= 11 is 0. The Balaban J connectivity index is 1.79. The molecule has 1 aliphatic heterocycles. The summed E-state index contributed by atoms with van der Waals surface area (Å²) in [5.41, 5.74) is 1.46. The van der Waals surface area contributed by atoms with Crippen molar-refractivity contribution in [1.82, 2.24) is 15.1 Å². The maximum absolute atomic E-state index is 6.10. The van der Waals surface area contributed by atoms with Gasteiger partial charge in [-0.25, -0.2) is 0 Å². The molecule has 0 radical (unpaired) electrons. The molecule has 0 aromatic carbocycles. The van der Waals surface area contributed by atoms with Crippen LogP contribution in [0.3, 0.4) is 0 Å². The van der Waals surface area contributed by atoms with Crippen LogP contribution in [0.25, 0.3) is 0 Å². The van der Waals surface area contributed by atoms with Crippen molar-refractivity contribution in [1.29, 1.82) is 0 Å². The third kappa shape index (κ3) is 2.63. The Kier molecular flexibility index (Phi) is 3.87. The summed E-state index contributed by atoms with van der Waals surface area (Å²) in [6, 6.07) is 2.61. The topological polar surface area (TPSA) is 39.1 Å². The normalized spacial score (nSPS) is 30.3. The summed E-state index contributed by atoms with van der Waals surface area (Å²) in [5.74, 6) is 0.790. The summed E-state index contributed by atoms with van der Waals surface area (Å²) in [7, 11) is 2.05. The third-order valence-electron chi connectivity index (χ3n) is 4.81. The second kappa shape index (κ2) is 5.49. The van der Waals surface area contributed by atoms with Gasteiger partial charge in [-0.05, 0) is 52.1 Å². The lowest BCUT2D eigenvalue weighted by Crippen LogP contribution is -2.42. The van der Waals surface area contributed by atoms with Crippen LogP contribution in [0.15, 0.2) is 12.3 Å². The number of ether oxygens (including phenoxy) is 1. The second-order valence-corrected chi connectivity index (χ2v) is 6.83. The average Bonchev–Trinajstić information content (AvgIpc) is 3.00. The first-order valence-electron chi connectivity index (χ1n) is 7.95. The first kappa shape index (κ1) is 14.1. The first-order chi connectivity index (χ1) is 9.64. The van der Waals surface area contributed by atoms with Gasteiger partial charge in [-0.15, -0.1) is 0 Å². The van der Waals surface area contributed by atoms with Crippen LogP contribution < -0.4 is 5.32 Å². The maximum atomic E-state index is 6.10. The molecule has 112 valence electrons. The summed E-state index contributed by atoms with van der Waals surface area (Å²) in [5, 5.41) is 8.15. The molecule has 2 aliphatic rings. The summed E-state index contributed by atoms with van der Waals surface area (Å²) in [6.45, 7) is 6.29. The highest BCUT2D eigenvalue weighted by atomic mass is 16.5. The molecule has 1 aliphatic carbocycles. The van der Waals surface area contributed by atoms with E-state index in [2.05, 4.69) is 43.2 Å². The van der Waals surface area contributed by atoms with E-state index in [1.165, 1.54) is 18.5 Å². The van der Waals surface area contributed by atoms with E-state index in [0.29, 0.717) is 12.1 Å². The van der Waals surface area contributed by atoms with E-state index in [1.807, 2.05) is 0 Å². The van der Waals surface area contributed by atoms with Crippen LogP contribution in [-0.4, -0.2) is 36.1 Å². The van der Waals surface area contributed by atoms with Crippen molar-refractivity contribution in [2.24, 2.45) is 11.3 Å². The molecule has 0 spiro atoms. The van der Waals surface area contributed by atoms with Gasteiger partial charge in [0.2, 0.25) is 0 Å². The van der Waals surface area contributed by atoms with E-state index in [1.54, 1.807) is 0 Å². The van der Waals surface area contributed by atoms with Crippen molar-refractivity contribution in [3.8, 4) is 0 Å². The van der Waals surface area contributed by atoms with Gasteiger partial charge in [0.25, 0.3) is 0 Å². The van der Waals surface area contributed by atoms with Gasteiger partial charge in [0.15, 0.2) is 0 Å². The Hall–Kier alpha value is -0.870. The molecule has 2 atom stereocenters. The lowest BCUT2D eigenvalue weighted by atomic mass is 9.75. The number of aromatic nitrogens is 2. The Bertz CT molecular complexity index is 452. The lowest BCUT2D eigenvalue weighted by Gasteiger charge is -2.33. The largest absolute Gasteiger partial charge is 0.377 e. The highest BCUT2D eigenvalue weighted by molar-refractivity contribution is 5.10. The van der Waals surface area contributed by atoms with Crippen molar-refractivity contribution in [3.63, 3.8) is 0 Å². The Morgan fingerprint density at radius 3 is 2.90 bits per heavy atom. The Labute approximate surface area is 121 Å². The van der Waals surface area contributed by atoms with E-state index in [4.69, 9.17) is 9.84 Å². The number of rotatable bonds is 6. The predicted molar refractivity (Wildman–Crippen MR) is 79.8 cm³/mol. The molecule has 2 heterocycles. The molecular formula is C16H27N3O. The molecule has 1 aromatic rings. The van der Waals surface area contributed by atoms with Crippen molar-refractivity contribution in [2.45, 2.75) is 51.7 Å². The fourth-order valence-corrected chi connectivity index (χ4v) is 3.66. The number of nitrogens with one attached hydrogen (secondary N) is 1. The van der Waals surface area contributed by atoms with Crippen molar-refractivity contribution >= 4 is 0 Å². The standard InChI is InChI=1S/C16H27N3O/c1-12(2)19-8-6-14(18-19)10-16(11-17-3)7-9-20-15(16)13-4-5-13/h6,8,12-13,15,17H,4-5,7,9-11H2,1-3H3. The highest BCUT2D eigenvalue weighted by Crippen LogP contribution is 2.49. The minimum atomic E-state index is 0.242. The highest BCUT2D eigenvalue weighted by Gasteiger charge is 2.50. The van der Waals surface area contributed by atoms with E-state index in [-0.39, 0.29) is 5.41 Å². The van der Waals surface area contributed by atoms with E-state index in [0.717, 1.165) is 31.9 Å². The van der Waals surface area contributed by atoms with Crippen LogP contribution in [0.2, 0.25) is 0 Å². The quantitative estimate of drug-likeness (QED) is 0.868. The molecule has 20 heavy (non-hydrogen) atoms. The van der Waals surface area contributed by atoms with Crippen LogP contribution >= 0.6 is 0 Å². The van der Waals surface area contributed by atoms with Gasteiger partial charge in [0, 0.05) is 37.2 Å². The molecule has 1 N–H and O–H groups in total. The van der Waals surface area contributed by atoms with Gasteiger partial charge < -0.3 is 10.1 Å². The number of hydrogen-bond acceptors (Lipinski definition) is 3. The fraction of sp³-hybridized carbons (Fsp3) is 0.812. The zero-order chi connectivity index (χ0) is 14.2. The van der Waals surface area contributed by atoms with Crippen LogP contribution in [0, 0.1) is 11.3 Å². The average molecular weight is 277 g/mol. The van der Waals surface area contributed by atoms with Crippen LogP contribution in [0.5, 0.6) is 0 Å². The molecule has 0 amide bonds. The van der Waals surface area contributed by atoms with Gasteiger partial charge in [-0.1, -0.05) is 0 Å². The molecule has 0 bridgehead atoms. The van der Waals surface area contributed by atoms with Crippen LogP contribution in [0.4, 0.5) is 0 Å². The molecule has 1 aromatic heterocycles. The minimum absolute atomic E-state index is 0.242. The van der Waals surface area contributed by atoms with Gasteiger partial charge in [0.05, 0.1) is 11.8 Å². The molecule has 4 heteroatoms. The van der Waals surface area contributed by atoms with Gasteiger partial charge >= 0.3 is 0 Å². The third-order valence-corrected chi connectivity index (χ3v) is 4.81. The van der Waals surface area contributed by atoms with Gasteiger partial charge in [-0.2, -0.15) is 5.10 Å². The molecule has 1 saturated heterocycles. The van der Waals surface area contributed by atoms with E-state index >= 15 is 0 Å². The molecule has 2 fully saturated rings. The molecule has 2 unspecified atom stereocenters. The van der Waals surface area contributed by atoms with Crippen LogP contribution in [-0.2, 0) is 11.2 Å². The second-order valence-electron chi connectivity index (χ2n) is 6.83. The lowest BCUT2D eigenvalue weighted by molar-refractivity contribution is 0.0310. The number of hydrogen-bond donors (Lipinski definition) is 1. The summed E-state index contributed by atoms with van der Waals surface area (Å²) in [4.78, 5) is 0. The fourth-order valence-electron chi connectivity index (χ4n) is 3.66. The Morgan fingerprint density at radius 1 is 1.50 bits per heavy atom. The molecule has 1 saturated carbocycles. The maximum Gasteiger partial charge on any atom is 0.0676 e. The monoisotopic (exact) mass is 277 g/mol. The van der Waals surface area contributed by atoms with Crippen molar-refractivity contribution in [3.05, 3.63) is 18.0 Å². The van der Waals surface area contributed by atoms with E-state index in [9.17, 15) is 0 Å². The van der Waals surface area contributed by atoms with Gasteiger partial charge in [-0.3, -0.25) is 4.68 Å². The summed E-state index contributed by atoms with van der Waals surface area (Å²) in [6.07, 6.45) is 7.42. The number of nitrogens with zero attached hydrogens (tertiary/aromatic N) is 2. The van der Waals surface area contributed by atoms with Gasteiger partial charge in [0.1, 0.15) is 0 Å². The molecule has 4 nitrogen and oxygen atoms in total. The smallest absolute Gasteiger partial charge is 0.0676 e. The SMILES string of the molecule is CNCC1(Cc2ccn(C(C)C)n2)CCOC1C1CC1. The van der Waals surface area contributed by atoms with Crippen LogP contribution in [0.1, 0.15) is 44.8 Å². The predicted octanol–water partition coefficient (Wildman–Crippen LogP) is 2.41. The molecular weight excluding hydrogens is 250 g/mol. The zero-order valence-electron chi connectivity index (χ0n) is 12.9. The van der Waals surface area contributed by atoms with Crippen molar-refractivity contribution in [2.75, 3.05) is 20.2 Å². The van der Waals surface area contributed by atoms with E-state index < -0.39 is 0 Å². The Morgan fingerprint density at radius 2 is 2.30 bits per heavy atom. The zero-order valence-corrected chi connectivity index (χ0v) is 12.9. The first-order valence-corrected chi connectivity index (χ1v) is 7.95. The summed E-state index contributed by atoms with van der Waals surface area (Å²) < 4.78 is 8.16.